The van der Waals surface area contributed by atoms with E-state index in [0.717, 1.165) is 36.6 Å². The molecule has 1 aliphatic heterocycles. The van der Waals surface area contributed by atoms with Crippen molar-refractivity contribution in [1.82, 2.24) is 20.0 Å². The maximum absolute atomic E-state index is 12.6. The quantitative estimate of drug-likeness (QED) is 0.898. The van der Waals surface area contributed by atoms with Gasteiger partial charge < -0.3 is 10.6 Å². The number of urea groups is 1. The number of amides is 2. The molecule has 2 atom stereocenters. The molecule has 25 heavy (non-hydrogen) atoms. The number of likely N-dealkylation sites (tertiary alicyclic amines) is 1. The molecular formula is C19H27N5O. The van der Waals surface area contributed by atoms with Crippen LogP contribution in [0.5, 0.6) is 0 Å². The minimum atomic E-state index is -0.164. The molecule has 0 spiro atoms. The van der Waals surface area contributed by atoms with Crippen LogP contribution in [0.2, 0.25) is 0 Å². The predicted molar refractivity (Wildman–Crippen MR) is 99.7 cm³/mol. The zero-order chi connectivity index (χ0) is 18.0. The molecule has 1 aromatic heterocycles. The van der Waals surface area contributed by atoms with Crippen molar-refractivity contribution in [3.05, 3.63) is 47.3 Å². The number of rotatable bonds is 4. The summed E-state index contributed by atoms with van der Waals surface area (Å²) < 4.78 is 1.90. The van der Waals surface area contributed by atoms with Crippen LogP contribution in [0.15, 0.2) is 30.3 Å². The molecule has 3 rings (SSSR count). The van der Waals surface area contributed by atoms with E-state index in [1.54, 1.807) is 0 Å². The Morgan fingerprint density at radius 2 is 2.00 bits per heavy atom. The number of benzene rings is 1. The second-order valence-electron chi connectivity index (χ2n) is 6.69. The van der Waals surface area contributed by atoms with Crippen molar-refractivity contribution in [2.45, 2.75) is 45.8 Å². The summed E-state index contributed by atoms with van der Waals surface area (Å²) in [5, 5.41) is 10.6. The molecule has 1 aromatic carbocycles. The first kappa shape index (κ1) is 17.5. The summed E-state index contributed by atoms with van der Waals surface area (Å²) in [6.45, 7) is 7.71. The van der Waals surface area contributed by atoms with E-state index in [1.807, 2.05) is 43.7 Å². The third-order valence-corrected chi connectivity index (χ3v) is 5.03. The third-order valence-electron chi connectivity index (χ3n) is 5.03. The zero-order valence-electron chi connectivity index (χ0n) is 15.4. The normalized spacial score (nSPS) is 20.6. The number of hydrogen-bond acceptors (Lipinski definition) is 3. The molecule has 2 N–H and O–H groups in total. The number of nitrogens with one attached hydrogen (secondary N) is 2. The minimum absolute atomic E-state index is 0.0919. The van der Waals surface area contributed by atoms with E-state index < -0.39 is 0 Å². The second-order valence-corrected chi connectivity index (χ2v) is 6.69. The Kier molecular flexibility index (Phi) is 5.08. The predicted octanol–water partition coefficient (Wildman–Crippen LogP) is 3.09. The van der Waals surface area contributed by atoms with Gasteiger partial charge in [-0.3, -0.25) is 9.58 Å². The van der Waals surface area contributed by atoms with Crippen molar-refractivity contribution in [3.8, 4) is 0 Å². The van der Waals surface area contributed by atoms with E-state index in [2.05, 4.69) is 39.8 Å². The van der Waals surface area contributed by atoms with Crippen molar-refractivity contribution in [2.75, 3.05) is 18.9 Å². The van der Waals surface area contributed by atoms with Gasteiger partial charge in [0.1, 0.15) is 0 Å². The van der Waals surface area contributed by atoms with E-state index in [1.165, 1.54) is 5.56 Å². The lowest BCUT2D eigenvalue weighted by Crippen LogP contribution is -2.41. The second kappa shape index (κ2) is 7.27. The molecule has 1 aliphatic rings. The molecule has 2 aromatic rings. The highest BCUT2D eigenvalue weighted by Gasteiger charge is 2.34. The van der Waals surface area contributed by atoms with E-state index >= 15 is 0 Å². The number of anilines is 1. The van der Waals surface area contributed by atoms with Gasteiger partial charge >= 0.3 is 6.03 Å². The Bertz CT molecular complexity index is 740. The number of carbonyl (C=O) groups is 1. The summed E-state index contributed by atoms with van der Waals surface area (Å²) in [5.41, 5.74) is 3.87. The Hall–Kier alpha value is -2.34. The number of aromatic nitrogens is 2. The van der Waals surface area contributed by atoms with E-state index in [0.29, 0.717) is 0 Å². The van der Waals surface area contributed by atoms with Gasteiger partial charge in [0.15, 0.2) is 0 Å². The van der Waals surface area contributed by atoms with Crippen molar-refractivity contribution in [1.29, 1.82) is 0 Å². The van der Waals surface area contributed by atoms with Crippen LogP contribution in [0.1, 0.15) is 36.3 Å². The van der Waals surface area contributed by atoms with Crippen LogP contribution in [0, 0.1) is 13.8 Å². The number of nitrogens with zero attached hydrogens (tertiary/aromatic N) is 3. The average Bonchev–Trinajstić information content (AvgIpc) is 3.09. The number of likely N-dealkylation sites (N-methyl/N-ethyl adjacent to an activating group) is 1. The van der Waals surface area contributed by atoms with Crippen molar-refractivity contribution in [2.24, 2.45) is 0 Å². The smallest absolute Gasteiger partial charge is 0.319 e. The van der Waals surface area contributed by atoms with E-state index in [9.17, 15) is 4.79 Å². The van der Waals surface area contributed by atoms with Crippen LogP contribution < -0.4 is 10.6 Å². The highest BCUT2D eigenvalue weighted by atomic mass is 16.2. The van der Waals surface area contributed by atoms with Crippen LogP contribution in [0.25, 0.3) is 0 Å². The summed E-state index contributed by atoms with van der Waals surface area (Å²) in [6, 6.07) is 10.5. The highest BCUT2D eigenvalue weighted by Crippen LogP contribution is 2.31. The summed E-state index contributed by atoms with van der Waals surface area (Å²) in [4.78, 5) is 14.9. The minimum Gasteiger partial charge on any atom is -0.333 e. The third kappa shape index (κ3) is 3.54. The SMILES string of the molecule is CCn1nc(C)c(NC(=O)N[C@H]2CCN(C)[C@H]2c2ccccc2)c1C. The van der Waals surface area contributed by atoms with Crippen LogP contribution in [-0.4, -0.2) is 40.3 Å². The van der Waals surface area contributed by atoms with Crippen molar-refractivity contribution in [3.63, 3.8) is 0 Å². The van der Waals surface area contributed by atoms with Crippen molar-refractivity contribution < 1.29 is 4.79 Å². The standard InChI is InChI=1S/C19H27N5O/c1-5-24-14(3)17(13(2)22-24)21-19(25)20-16-11-12-23(4)18(16)15-9-7-6-8-10-15/h6-10,16,18H,5,11-12H2,1-4H3,(H2,20,21,25)/t16-,18-/m0/s1. The molecule has 2 amide bonds. The number of aryl methyl sites for hydroxylation is 2. The summed E-state index contributed by atoms with van der Waals surface area (Å²) in [7, 11) is 2.11. The van der Waals surface area contributed by atoms with Gasteiger partial charge in [0.2, 0.25) is 0 Å². The van der Waals surface area contributed by atoms with Gasteiger partial charge in [-0.1, -0.05) is 30.3 Å². The van der Waals surface area contributed by atoms with Gasteiger partial charge in [-0.15, -0.1) is 0 Å². The first-order valence-electron chi connectivity index (χ1n) is 8.88. The highest BCUT2D eigenvalue weighted by molar-refractivity contribution is 5.90. The van der Waals surface area contributed by atoms with E-state index in [4.69, 9.17) is 0 Å². The lowest BCUT2D eigenvalue weighted by atomic mass is 10.0. The molecule has 6 heteroatoms. The fraction of sp³-hybridized carbons (Fsp3) is 0.474. The lowest BCUT2D eigenvalue weighted by Gasteiger charge is -2.26. The van der Waals surface area contributed by atoms with Crippen LogP contribution in [0.4, 0.5) is 10.5 Å². The number of hydrogen-bond donors (Lipinski definition) is 2. The van der Waals surface area contributed by atoms with Gasteiger partial charge in [-0.05, 0) is 39.8 Å². The molecule has 1 saturated heterocycles. The molecule has 0 unspecified atom stereocenters. The first-order valence-corrected chi connectivity index (χ1v) is 8.88. The molecule has 6 nitrogen and oxygen atoms in total. The Morgan fingerprint density at radius 3 is 2.64 bits per heavy atom. The molecule has 0 radical (unpaired) electrons. The number of carbonyl (C=O) groups excluding carboxylic acids is 1. The summed E-state index contributed by atoms with van der Waals surface area (Å²) >= 11 is 0. The Balaban J connectivity index is 1.71. The lowest BCUT2D eigenvalue weighted by molar-refractivity contribution is 0.240. The fourth-order valence-electron chi connectivity index (χ4n) is 3.74. The monoisotopic (exact) mass is 341 g/mol. The van der Waals surface area contributed by atoms with Gasteiger partial charge in [-0.2, -0.15) is 5.10 Å². The maximum Gasteiger partial charge on any atom is 0.319 e. The molecule has 0 aliphatic carbocycles. The molecule has 2 heterocycles. The van der Waals surface area contributed by atoms with Crippen LogP contribution in [-0.2, 0) is 6.54 Å². The molecule has 1 fully saturated rings. The van der Waals surface area contributed by atoms with Crippen molar-refractivity contribution >= 4 is 11.7 Å². The fourth-order valence-corrected chi connectivity index (χ4v) is 3.74. The molecule has 0 saturated carbocycles. The Labute approximate surface area is 149 Å². The molecular weight excluding hydrogens is 314 g/mol. The maximum atomic E-state index is 12.6. The van der Waals surface area contributed by atoms with Crippen LogP contribution >= 0.6 is 0 Å². The first-order chi connectivity index (χ1) is 12.0. The Morgan fingerprint density at radius 1 is 1.28 bits per heavy atom. The average molecular weight is 341 g/mol. The van der Waals surface area contributed by atoms with Gasteiger partial charge in [0.05, 0.1) is 29.2 Å². The zero-order valence-corrected chi connectivity index (χ0v) is 15.4. The van der Waals surface area contributed by atoms with Gasteiger partial charge in [0.25, 0.3) is 0 Å². The summed E-state index contributed by atoms with van der Waals surface area (Å²) in [6.07, 6.45) is 0.940. The molecule has 134 valence electrons. The van der Waals surface area contributed by atoms with Crippen LogP contribution in [0.3, 0.4) is 0 Å². The van der Waals surface area contributed by atoms with E-state index in [-0.39, 0.29) is 18.1 Å². The molecule has 0 bridgehead atoms. The van der Waals surface area contributed by atoms with Gasteiger partial charge in [0, 0.05) is 13.1 Å². The summed E-state index contributed by atoms with van der Waals surface area (Å²) in [5.74, 6) is 0. The topological polar surface area (TPSA) is 62.2 Å². The van der Waals surface area contributed by atoms with Gasteiger partial charge in [-0.25, -0.2) is 4.79 Å². The largest absolute Gasteiger partial charge is 0.333 e.